The van der Waals surface area contributed by atoms with Gasteiger partial charge in [-0.3, -0.25) is 4.98 Å². The summed E-state index contributed by atoms with van der Waals surface area (Å²) in [6, 6.07) is 1.36. The Hall–Kier alpha value is -1.03. The Balaban J connectivity index is 2.42. The van der Waals surface area contributed by atoms with E-state index in [9.17, 15) is 16.8 Å². The van der Waals surface area contributed by atoms with Crippen molar-refractivity contribution in [2.75, 3.05) is 6.26 Å². The minimum atomic E-state index is -3.81. The Kier molecular flexibility index (Phi) is 2.73. The first-order chi connectivity index (χ1) is 7.68. The number of primary sulfonamides is 1. The Morgan fingerprint density at radius 1 is 1.29 bits per heavy atom. The fourth-order valence-corrected chi connectivity index (χ4v) is 2.84. The minimum Gasteiger partial charge on any atom is -0.258 e. The van der Waals surface area contributed by atoms with Gasteiger partial charge in [0.05, 0.1) is 18.5 Å². The van der Waals surface area contributed by atoms with Crippen molar-refractivity contribution in [3.63, 3.8) is 0 Å². The number of pyridine rings is 1. The van der Waals surface area contributed by atoms with Crippen LogP contribution in [0.4, 0.5) is 0 Å². The van der Waals surface area contributed by atoms with Crippen LogP contribution in [0.15, 0.2) is 17.2 Å². The zero-order valence-electron chi connectivity index (χ0n) is 8.99. The Labute approximate surface area is 99.4 Å². The van der Waals surface area contributed by atoms with Crippen LogP contribution in [0, 0.1) is 0 Å². The van der Waals surface area contributed by atoms with Crippen molar-refractivity contribution < 1.29 is 16.8 Å². The average Bonchev–Trinajstić information content (AvgIpc) is 2.57. The summed E-state index contributed by atoms with van der Waals surface area (Å²) in [5.74, 6) is 0. The molecule has 2 rings (SSSR count). The molecule has 0 amide bonds. The third-order valence-corrected chi connectivity index (χ3v) is 4.58. The third-order valence-electron chi connectivity index (χ3n) is 2.51. The molecule has 0 spiro atoms. The van der Waals surface area contributed by atoms with E-state index in [-0.39, 0.29) is 18.0 Å². The van der Waals surface area contributed by atoms with Crippen molar-refractivity contribution in [1.29, 1.82) is 0 Å². The van der Waals surface area contributed by atoms with Crippen molar-refractivity contribution in [1.82, 2.24) is 9.29 Å². The lowest BCUT2D eigenvalue weighted by Gasteiger charge is -2.10. The maximum atomic E-state index is 11.3. The number of sulfonamides is 2. The number of fused-ring (bicyclic) bond motifs is 1. The molecule has 0 atom stereocenters. The summed E-state index contributed by atoms with van der Waals surface area (Å²) in [5, 5.41) is 4.97. The quantitative estimate of drug-likeness (QED) is 0.745. The molecule has 17 heavy (non-hydrogen) atoms. The lowest BCUT2D eigenvalue weighted by molar-refractivity contribution is 0.434. The van der Waals surface area contributed by atoms with Gasteiger partial charge < -0.3 is 0 Å². The van der Waals surface area contributed by atoms with Gasteiger partial charge in [-0.15, -0.1) is 0 Å². The molecule has 0 fully saturated rings. The van der Waals surface area contributed by atoms with Crippen molar-refractivity contribution >= 4 is 20.0 Å². The van der Waals surface area contributed by atoms with E-state index in [4.69, 9.17) is 5.14 Å². The zero-order chi connectivity index (χ0) is 12.8. The lowest BCUT2D eigenvalue weighted by Crippen LogP contribution is -2.23. The third kappa shape index (κ3) is 2.46. The van der Waals surface area contributed by atoms with Gasteiger partial charge in [-0.05, 0) is 11.6 Å². The summed E-state index contributed by atoms with van der Waals surface area (Å²) in [4.78, 5) is 3.82. The van der Waals surface area contributed by atoms with Gasteiger partial charge in [0.1, 0.15) is 4.90 Å². The molecule has 0 saturated carbocycles. The first kappa shape index (κ1) is 12.4. The minimum absolute atomic E-state index is 0.105. The van der Waals surface area contributed by atoms with Gasteiger partial charge in [0.2, 0.25) is 20.0 Å². The summed E-state index contributed by atoms with van der Waals surface area (Å²) in [6.07, 6.45) is 2.24. The topological polar surface area (TPSA) is 110 Å². The molecular formula is C8H11N3O4S2. The first-order valence-corrected chi connectivity index (χ1v) is 8.03. The van der Waals surface area contributed by atoms with Crippen LogP contribution in [-0.4, -0.2) is 32.4 Å². The zero-order valence-corrected chi connectivity index (χ0v) is 10.6. The summed E-state index contributed by atoms with van der Waals surface area (Å²) in [7, 11) is -7.11. The highest BCUT2D eigenvalue weighted by Gasteiger charge is 2.27. The standard InChI is InChI=1S/C8H11N3O4S2/c1-16(12,13)11-4-6-2-7(17(9,14)15)3-10-8(6)5-11/h2-3H,4-5H2,1H3,(H2,9,14,15). The molecular weight excluding hydrogens is 266 g/mol. The number of nitrogens with zero attached hydrogens (tertiary/aromatic N) is 2. The molecule has 0 aliphatic carbocycles. The van der Waals surface area contributed by atoms with E-state index in [0.717, 1.165) is 12.5 Å². The van der Waals surface area contributed by atoms with Crippen LogP contribution in [0.3, 0.4) is 0 Å². The Morgan fingerprint density at radius 3 is 2.47 bits per heavy atom. The predicted molar refractivity (Wildman–Crippen MR) is 59.7 cm³/mol. The van der Waals surface area contributed by atoms with E-state index in [0.29, 0.717) is 11.3 Å². The Morgan fingerprint density at radius 2 is 1.94 bits per heavy atom. The fraction of sp³-hybridized carbons (Fsp3) is 0.375. The molecule has 1 aliphatic heterocycles. The maximum Gasteiger partial charge on any atom is 0.239 e. The monoisotopic (exact) mass is 277 g/mol. The average molecular weight is 277 g/mol. The normalized spacial score (nSPS) is 17.1. The van der Waals surface area contributed by atoms with Crippen molar-refractivity contribution in [3.05, 3.63) is 23.5 Å². The number of rotatable bonds is 2. The van der Waals surface area contributed by atoms with Gasteiger partial charge in [0, 0.05) is 12.7 Å². The van der Waals surface area contributed by atoms with E-state index >= 15 is 0 Å². The largest absolute Gasteiger partial charge is 0.258 e. The van der Waals surface area contributed by atoms with Crippen LogP contribution in [0.25, 0.3) is 0 Å². The van der Waals surface area contributed by atoms with E-state index < -0.39 is 20.0 Å². The van der Waals surface area contributed by atoms with Crippen molar-refractivity contribution in [3.8, 4) is 0 Å². The number of hydrogen-bond acceptors (Lipinski definition) is 5. The number of hydrogen-bond donors (Lipinski definition) is 1. The molecule has 9 heteroatoms. The lowest BCUT2D eigenvalue weighted by atomic mass is 10.2. The van der Waals surface area contributed by atoms with Crippen LogP contribution >= 0.6 is 0 Å². The van der Waals surface area contributed by atoms with Gasteiger partial charge >= 0.3 is 0 Å². The number of nitrogens with two attached hydrogens (primary N) is 1. The van der Waals surface area contributed by atoms with Crippen LogP contribution in [-0.2, 0) is 33.1 Å². The van der Waals surface area contributed by atoms with Crippen LogP contribution in [0.1, 0.15) is 11.3 Å². The van der Waals surface area contributed by atoms with Crippen molar-refractivity contribution in [2.24, 2.45) is 5.14 Å². The van der Waals surface area contributed by atoms with Crippen LogP contribution in [0.5, 0.6) is 0 Å². The second-order valence-electron chi connectivity index (χ2n) is 3.85. The molecule has 1 aliphatic rings. The van der Waals surface area contributed by atoms with E-state index in [2.05, 4.69) is 4.98 Å². The number of aromatic nitrogens is 1. The molecule has 0 unspecified atom stereocenters. The molecule has 0 saturated heterocycles. The van der Waals surface area contributed by atoms with Gasteiger partial charge in [0.15, 0.2) is 0 Å². The summed E-state index contributed by atoms with van der Waals surface area (Å²) >= 11 is 0. The van der Waals surface area contributed by atoms with E-state index in [1.165, 1.54) is 10.4 Å². The summed E-state index contributed by atoms with van der Waals surface area (Å²) in [6.45, 7) is 0.295. The smallest absolute Gasteiger partial charge is 0.239 e. The van der Waals surface area contributed by atoms with Crippen molar-refractivity contribution in [2.45, 2.75) is 18.0 Å². The fourth-order valence-electron chi connectivity index (χ4n) is 1.60. The molecule has 2 heterocycles. The first-order valence-electron chi connectivity index (χ1n) is 4.63. The highest BCUT2D eigenvalue weighted by atomic mass is 32.2. The predicted octanol–water partition coefficient (Wildman–Crippen LogP) is -0.996. The van der Waals surface area contributed by atoms with Crippen LogP contribution in [0.2, 0.25) is 0 Å². The molecule has 1 aromatic rings. The highest BCUT2D eigenvalue weighted by Crippen LogP contribution is 2.24. The molecule has 94 valence electrons. The molecule has 0 bridgehead atoms. The summed E-state index contributed by atoms with van der Waals surface area (Å²) in [5.41, 5.74) is 1.13. The second-order valence-corrected chi connectivity index (χ2v) is 7.40. The molecule has 1 aromatic heterocycles. The van der Waals surface area contributed by atoms with Crippen LogP contribution < -0.4 is 5.14 Å². The van der Waals surface area contributed by atoms with Gasteiger partial charge in [-0.25, -0.2) is 22.0 Å². The van der Waals surface area contributed by atoms with Gasteiger partial charge in [-0.1, -0.05) is 0 Å². The molecule has 0 radical (unpaired) electrons. The maximum absolute atomic E-state index is 11.3. The molecule has 2 N–H and O–H groups in total. The SMILES string of the molecule is CS(=O)(=O)N1Cc2cc(S(N)(=O)=O)cnc2C1. The molecule has 0 aromatic carbocycles. The van der Waals surface area contributed by atoms with E-state index in [1.807, 2.05) is 0 Å². The summed E-state index contributed by atoms with van der Waals surface area (Å²) < 4.78 is 46.1. The van der Waals surface area contributed by atoms with Gasteiger partial charge in [0.25, 0.3) is 0 Å². The Bertz CT molecular complexity index is 666. The highest BCUT2D eigenvalue weighted by molar-refractivity contribution is 7.89. The van der Waals surface area contributed by atoms with Gasteiger partial charge in [-0.2, -0.15) is 4.31 Å². The van der Waals surface area contributed by atoms with E-state index in [1.54, 1.807) is 0 Å². The molecule has 7 nitrogen and oxygen atoms in total. The second kappa shape index (κ2) is 3.73.